The van der Waals surface area contributed by atoms with Crippen LogP contribution in [0.15, 0.2) is 24.3 Å². The van der Waals surface area contributed by atoms with Gasteiger partial charge < -0.3 is 0 Å². The number of carbonyl (C=O) groups is 2. The highest BCUT2D eigenvalue weighted by Crippen LogP contribution is 2.24. The van der Waals surface area contributed by atoms with Crippen molar-refractivity contribution >= 4 is 21.7 Å². The highest BCUT2D eigenvalue weighted by atomic mass is 32.2. The van der Waals surface area contributed by atoms with E-state index in [0.717, 1.165) is 4.90 Å². The number of hydrogen-bond acceptors (Lipinski definition) is 4. The van der Waals surface area contributed by atoms with Crippen LogP contribution in [0.3, 0.4) is 0 Å². The predicted molar refractivity (Wildman–Crippen MR) is 75.1 cm³/mol. The zero-order valence-corrected chi connectivity index (χ0v) is 12.3. The van der Waals surface area contributed by atoms with Crippen molar-refractivity contribution in [3.63, 3.8) is 0 Å². The molecule has 0 N–H and O–H groups in total. The van der Waals surface area contributed by atoms with Crippen LogP contribution in [0.2, 0.25) is 0 Å². The van der Waals surface area contributed by atoms with Gasteiger partial charge >= 0.3 is 0 Å². The smallest absolute Gasteiger partial charge is 0.262 e. The second kappa shape index (κ2) is 5.36. The fourth-order valence-corrected chi connectivity index (χ4v) is 4.26. The van der Waals surface area contributed by atoms with Gasteiger partial charge in [0, 0.05) is 0 Å². The molecule has 20 heavy (non-hydrogen) atoms. The van der Waals surface area contributed by atoms with Gasteiger partial charge in [-0.2, -0.15) is 0 Å². The molecule has 0 aliphatic carbocycles. The van der Waals surface area contributed by atoms with Gasteiger partial charge in [-0.05, 0) is 25.0 Å². The molecule has 0 unspecified atom stereocenters. The van der Waals surface area contributed by atoms with Crippen LogP contribution in [-0.2, 0) is 9.84 Å². The third kappa shape index (κ3) is 2.35. The van der Waals surface area contributed by atoms with Crippen molar-refractivity contribution in [1.29, 1.82) is 0 Å². The number of fused-ring (bicyclic) bond motifs is 1. The molecule has 108 valence electrons. The molecule has 6 heteroatoms. The summed E-state index contributed by atoms with van der Waals surface area (Å²) < 4.78 is 24.5. The van der Waals surface area contributed by atoms with Crippen LogP contribution in [-0.4, -0.2) is 36.3 Å². The summed E-state index contributed by atoms with van der Waals surface area (Å²) in [5, 5.41) is -0.521. The van der Waals surface area contributed by atoms with Crippen molar-refractivity contribution in [3.8, 4) is 0 Å². The Morgan fingerprint density at radius 1 is 1.00 bits per heavy atom. The maximum atomic E-state index is 12.2. The summed E-state index contributed by atoms with van der Waals surface area (Å²) in [7, 11) is -3.51. The van der Waals surface area contributed by atoms with E-state index >= 15 is 0 Å². The molecular weight excluding hydrogens is 278 g/mol. The number of amides is 2. The van der Waals surface area contributed by atoms with Crippen molar-refractivity contribution in [1.82, 2.24) is 4.90 Å². The Morgan fingerprint density at radius 3 is 1.85 bits per heavy atom. The summed E-state index contributed by atoms with van der Waals surface area (Å²) in [6.07, 6.45) is 0.948. The lowest BCUT2D eigenvalue weighted by molar-refractivity contribution is 0.0680. The standard InChI is InChI=1S/C14H17NO4S/c1-3-10(4-2)20(18,19)9-15-13(16)11-7-5-6-8-12(11)14(15)17/h5-8,10H,3-4,9H2,1-2H3. The number of imide groups is 1. The molecule has 0 spiro atoms. The van der Waals surface area contributed by atoms with Crippen molar-refractivity contribution < 1.29 is 18.0 Å². The molecule has 1 aliphatic heterocycles. The topological polar surface area (TPSA) is 71.5 Å². The average Bonchev–Trinajstić information content (AvgIpc) is 2.65. The van der Waals surface area contributed by atoms with E-state index in [4.69, 9.17) is 0 Å². The first-order valence-electron chi connectivity index (χ1n) is 6.59. The molecule has 1 heterocycles. The molecule has 1 aromatic rings. The molecule has 0 bridgehead atoms. The average molecular weight is 295 g/mol. The van der Waals surface area contributed by atoms with Crippen LogP contribution in [0.1, 0.15) is 47.4 Å². The second-order valence-corrected chi connectivity index (χ2v) is 7.06. The number of benzene rings is 1. The van der Waals surface area contributed by atoms with Gasteiger partial charge in [0.25, 0.3) is 11.8 Å². The van der Waals surface area contributed by atoms with E-state index in [1.54, 1.807) is 38.1 Å². The molecule has 0 saturated carbocycles. The van der Waals surface area contributed by atoms with E-state index in [1.165, 1.54) is 0 Å². The van der Waals surface area contributed by atoms with Crippen LogP contribution >= 0.6 is 0 Å². The van der Waals surface area contributed by atoms with Crippen LogP contribution < -0.4 is 0 Å². The lowest BCUT2D eigenvalue weighted by atomic mass is 10.1. The Morgan fingerprint density at radius 2 is 1.45 bits per heavy atom. The van der Waals surface area contributed by atoms with E-state index < -0.39 is 32.8 Å². The van der Waals surface area contributed by atoms with Crippen molar-refractivity contribution in [2.45, 2.75) is 31.9 Å². The highest BCUT2D eigenvalue weighted by Gasteiger charge is 2.39. The normalized spacial score (nSPS) is 15.1. The maximum Gasteiger partial charge on any atom is 0.262 e. The van der Waals surface area contributed by atoms with Crippen molar-refractivity contribution in [2.75, 3.05) is 5.88 Å². The molecule has 2 rings (SSSR count). The number of carbonyl (C=O) groups excluding carboxylic acids is 2. The Bertz CT molecular complexity index is 612. The first kappa shape index (κ1) is 14.7. The Balaban J connectivity index is 2.30. The Labute approximate surface area is 118 Å². The molecule has 0 aromatic heterocycles. The van der Waals surface area contributed by atoms with E-state index in [2.05, 4.69) is 0 Å². The van der Waals surface area contributed by atoms with E-state index in [-0.39, 0.29) is 11.1 Å². The van der Waals surface area contributed by atoms with Gasteiger partial charge in [-0.25, -0.2) is 8.42 Å². The van der Waals surface area contributed by atoms with Crippen LogP contribution in [0.4, 0.5) is 0 Å². The van der Waals surface area contributed by atoms with Crippen molar-refractivity contribution in [3.05, 3.63) is 35.4 Å². The van der Waals surface area contributed by atoms with Gasteiger partial charge in [0.1, 0.15) is 5.88 Å². The minimum atomic E-state index is -3.51. The predicted octanol–water partition coefficient (Wildman–Crippen LogP) is 1.84. The minimum Gasteiger partial charge on any atom is -0.269 e. The molecule has 0 radical (unpaired) electrons. The zero-order chi connectivity index (χ0) is 14.9. The molecule has 2 amide bonds. The lowest BCUT2D eigenvalue weighted by Gasteiger charge is -2.19. The largest absolute Gasteiger partial charge is 0.269 e. The summed E-state index contributed by atoms with van der Waals surface area (Å²) >= 11 is 0. The lowest BCUT2D eigenvalue weighted by Crippen LogP contribution is -2.38. The summed E-state index contributed by atoms with van der Waals surface area (Å²) in [6, 6.07) is 6.39. The first-order valence-corrected chi connectivity index (χ1v) is 8.30. The molecule has 0 fully saturated rings. The van der Waals surface area contributed by atoms with Gasteiger partial charge in [-0.1, -0.05) is 26.0 Å². The van der Waals surface area contributed by atoms with E-state index in [9.17, 15) is 18.0 Å². The third-order valence-electron chi connectivity index (χ3n) is 3.61. The number of nitrogens with zero attached hydrogens (tertiary/aromatic N) is 1. The summed E-state index contributed by atoms with van der Waals surface area (Å²) in [6.45, 7) is 3.57. The van der Waals surface area contributed by atoms with Crippen LogP contribution in [0.5, 0.6) is 0 Å². The van der Waals surface area contributed by atoms with Gasteiger partial charge in [0.05, 0.1) is 16.4 Å². The van der Waals surface area contributed by atoms with Gasteiger partial charge in [0.15, 0.2) is 9.84 Å². The molecule has 1 aliphatic rings. The third-order valence-corrected chi connectivity index (χ3v) is 5.91. The monoisotopic (exact) mass is 295 g/mol. The van der Waals surface area contributed by atoms with Gasteiger partial charge in [-0.3, -0.25) is 14.5 Å². The molecule has 0 saturated heterocycles. The Hall–Kier alpha value is -1.69. The molecule has 1 aromatic carbocycles. The van der Waals surface area contributed by atoms with E-state index in [1.807, 2.05) is 0 Å². The summed E-state index contributed by atoms with van der Waals surface area (Å²) in [5.74, 6) is -1.59. The molecule has 5 nitrogen and oxygen atoms in total. The fourth-order valence-electron chi connectivity index (χ4n) is 2.44. The molecule has 0 atom stereocenters. The number of hydrogen-bond donors (Lipinski definition) is 0. The minimum absolute atomic E-state index is 0.275. The fraction of sp³-hybridized carbons (Fsp3) is 0.429. The highest BCUT2D eigenvalue weighted by molar-refractivity contribution is 7.92. The maximum absolute atomic E-state index is 12.2. The quantitative estimate of drug-likeness (QED) is 0.777. The van der Waals surface area contributed by atoms with E-state index in [0.29, 0.717) is 12.8 Å². The Kier molecular flexibility index (Phi) is 3.94. The SMILES string of the molecule is CCC(CC)S(=O)(=O)CN1C(=O)c2ccccc2C1=O. The van der Waals surface area contributed by atoms with Gasteiger partial charge in [0.2, 0.25) is 0 Å². The van der Waals surface area contributed by atoms with Crippen molar-refractivity contribution in [2.24, 2.45) is 0 Å². The number of sulfone groups is 1. The second-order valence-electron chi connectivity index (χ2n) is 4.81. The van der Waals surface area contributed by atoms with Crippen LogP contribution in [0.25, 0.3) is 0 Å². The van der Waals surface area contributed by atoms with Crippen LogP contribution in [0, 0.1) is 0 Å². The summed E-state index contributed by atoms with van der Waals surface area (Å²) in [5.41, 5.74) is 0.550. The number of rotatable bonds is 5. The molecular formula is C14H17NO4S. The van der Waals surface area contributed by atoms with Gasteiger partial charge in [-0.15, -0.1) is 0 Å². The summed E-state index contributed by atoms with van der Waals surface area (Å²) in [4.78, 5) is 25.1. The zero-order valence-electron chi connectivity index (χ0n) is 11.5. The first-order chi connectivity index (χ1) is 9.42.